The molecular formula is C16H18FNO. The lowest BCUT2D eigenvalue weighted by atomic mass is 10.1. The summed E-state index contributed by atoms with van der Waals surface area (Å²) in [6.45, 7) is 2.81. The largest absolute Gasteiger partial charge is 0.505 e. The van der Waals surface area contributed by atoms with E-state index in [9.17, 15) is 4.39 Å². The molecule has 0 bridgehead atoms. The number of hydrogen-bond donors (Lipinski definition) is 2. The van der Waals surface area contributed by atoms with E-state index in [1.165, 1.54) is 17.7 Å². The van der Waals surface area contributed by atoms with Crippen LogP contribution in [0.4, 0.5) is 4.39 Å². The van der Waals surface area contributed by atoms with Crippen LogP contribution in [-0.4, -0.2) is 11.7 Å². The predicted molar refractivity (Wildman–Crippen MR) is 74.6 cm³/mol. The number of aromatic hydroxyl groups is 1. The zero-order valence-electron chi connectivity index (χ0n) is 10.9. The summed E-state index contributed by atoms with van der Waals surface area (Å²) in [4.78, 5) is 0. The van der Waals surface area contributed by atoms with Gasteiger partial charge in [-0.05, 0) is 43.1 Å². The molecule has 19 heavy (non-hydrogen) atoms. The minimum Gasteiger partial charge on any atom is -0.505 e. The molecule has 2 rings (SSSR count). The minimum atomic E-state index is -0.575. The van der Waals surface area contributed by atoms with Gasteiger partial charge in [0.2, 0.25) is 0 Å². The quantitative estimate of drug-likeness (QED) is 0.862. The highest BCUT2D eigenvalue weighted by Gasteiger charge is 2.08. The molecular weight excluding hydrogens is 241 g/mol. The van der Waals surface area contributed by atoms with Crippen molar-refractivity contribution in [1.82, 2.24) is 5.32 Å². The molecule has 1 atom stereocenters. The zero-order valence-corrected chi connectivity index (χ0v) is 10.9. The summed E-state index contributed by atoms with van der Waals surface area (Å²) in [5, 5.41) is 12.5. The van der Waals surface area contributed by atoms with E-state index in [0.29, 0.717) is 0 Å². The van der Waals surface area contributed by atoms with Gasteiger partial charge in [-0.1, -0.05) is 36.4 Å². The Morgan fingerprint density at radius 1 is 1.16 bits per heavy atom. The number of halogens is 1. The predicted octanol–water partition coefficient (Wildman–Crippen LogP) is 3.42. The van der Waals surface area contributed by atoms with Crippen LogP contribution >= 0.6 is 0 Å². The number of hydrogen-bond acceptors (Lipinski definition) is 2. The van der Waals surface area contributed by atoms with Crippen molar-refractivity contribution in [2.75, 3.05) is 6.54 Å². The summed E-state index contributed by atoms with van der Waals surface area (Å²) < 4.78 is 13.2. The first-order valence-corrected chi connectivity index (χ1v) is 6.42. The molecule has 2 aromatic rings. The second-order valence-corrected chi connectivity index (χ2v) is 4.62. The maximum atomic E-state index is 13.2. The summed E-state index contributed by atoms with van der Waals surface area (Å²) >= 11 is 0. The highest BCUT2D eigenvalue weighted by atomic mass is 19.1. The monoisotopic (exact) mass is 259 g/mol. The van der Waals surface area contributed by atoms with Gasteiger partial charge in [0.15, 0.2) is 11.6 Å². The summed E-state index contributed by atoms with van der Waals surface area (Å²) in [6, 6.07) is 14.8. The van der Waals surface area contributed by atoms with Crippen LogP contribution in [0.2, 0.25) is 0 Å². The average Bonchev–Trinajstić information content (AvgIpc) is 2.43. The van der Waals surface area contributed by atoms with Gasteiger partial charge in [-0.2, -0.15) is 0 Å². The van der Waals surface area contributed by atoms with Crippen LogP contribution in [0.3, 0.4) is 0 Å². The summed E-state index contributed by atoms with van der Waals surface area (Å²) in [6.07, 6.45) is 0.936. The highest BCUT2D eigenvalue weighted by Crippen LogP contribution is 2.20. The van der Waals surface area contributed by atoms with Gasteiger partial charge in [0.25, 0.3) is 0 Å². The minimum absolute atomic E-state index is 0.0545. The van der Waals surface area contributed by atoms with Crippen molar-refractivity contribution in [1.29, 1.82) is 0 Å². The number of phenolic OH excluding ortho intramolecular Hbond substituents is 1. The molecule has 2 aromatic carbocycles. The van der Waals surface area contributed by atoms with E-state index < -0.39 is 5.82 Å². The normalized spacial score (nSPS) is 12.3. The lowest BCUT2D eigenvalue weighted by Gasteiger charge is -2.14. The smallest absolute Gasteiger partial charge is 0.165 e. The molecule has 0 spiro atoms. The van der Waals surface area contributed by atoms with Crippen LogP contribution in [0.15, 0.2) is 48.5 Å². The van der Waals surface area contributed by atoms with E-state index in [-0.39, 0.29) is 11.8 Å². The molecule has 0 radical (unpaired) electrons. The van der Waals surface area contributed by atoms with Crippen LogP contribution < -0.4 is 5.32 Å². The Morgan fingerprint density at radius 2 is 1.89 bits per heavy atom. The Labute approximate surface area is 112 Å². The first-order chi connectivity index (χ1) is 9.16. The molecule has 0 unspecified atom stereocenters. The Morgan fingerprint density at radius 3 is 2.58 bits per heavy atom. The topological polar surface area (TPSA) is 32.3 Å². The first-order valence-electron chi connectivity index (χ1n) is 6.42. The van der Waals surface area contributed by atoms with Crippen molar-refractivity contribution in [2.24, 2.45) is 0 Å². The van der Waals surface area contributed by atoms with Crippen molar-refractivity contribution in [3.8, 4) is 5.75 Å². The van der Waals surface area contributed by atoms with Crippen molar-refractivity contribution in [3.05, 3.63) is 65.5 Å². The van der Waals surface area contributed by atoms with Gasteiger partial charge >= 0.3 is 0 Å². The Balaban J connectivity index is 1.87. The zero-order chi connectivity index (χ0) is 13.7. The fraction of sp³-hybridized carbons (Fsp3) is 0.250. The van der Waals surface area contributed by atoms with E-state index in [2.05, 4.69) is 17.4 Å². The van der Waals surface area contributed by atoms with Gasteiger partial charge < -0.3 is 10.4 Å². The van der Waals surface area contributed by atoms with E-state index in [0.717, 1.165) is 18.5 Å². The molecule has 0 aliphatic carbocycles. The van der Waals surface area contributed by atoms with Crippen LogP contribution in [0.5, 0.6) is 5.75 Å². The molecule has 0 aliphatic heterocycles. The standard InChI is InChI=1S/C16H18FNO/c1-12(14-7-8-16(19)15(17)11-14)18-10-9-13-5-3-2-4-6-13/h2-8,11-12,18-19H,9-10H2,1H3/t12-/m0/s1. The van der Waals surface area contributed by atoms with Crippen LogP contribution in [-0.2, 0) is 6.42 Å². The van der Waals surface area contributed by atoms with E-state index >= 15 is 0 Å². The number of rotatable bonds is 5. The first kappa shape index (κ1) is 13.6. The number of benzene rings is 2. The van der Waals surface area contributed by atoms with Gasteiger partial charge in [-0.15, -0.1) is 0 Å². The van der Waals surface area contributed by atoms with Crippen molar-refractivity contribution >= 4 is 0 Å². The van der Waals surface area contributed by atoms with E-state index in [4.69, 9.17) is 5.11 Å². The summed E-state index contributed by atoms with van der Waals surface area (Å²) in [7, 11) is 0. The Kier molecular flexibility index (Phi) is 4.53. The van der Waals surface area contributed by atoms with Crippen molar-refractivity contribution in [3.63, 3.8) is 0 Å². The molecule has 3 heteroatoms. The molecule has 0 heterocycles. The average molecular weight is 259 g/mol. The van der Waals surface area contributed by atoms with E-state index in [1.54, 1.807) is 6.07 Å². The maximum Gasteiger partial charge on any atom is 0.165 e. The summed E-state index contributed by atoms with van der Waals surface area (Å²) in [5.74, 6) is -0.880. The van der Waals surface area contributed by atoms with Gasteiger partial charge in [-0.25, -0.2) is 4.39 Å². The number of nitrogens with one attached hydrogen (secondary N) is 1. The van der Waals surface area contributed by atoms with Gasteiger partial charge in [0.1, 0.15) is 0 Å². The third-order valence-corrected chi connectivity index (χ3v) is 3.18. The molecule has 0 saturated carbocycles. The lowest BCUT2D eigenvalue weighted by Crippen LogP contribution is -2.21. The molecule has 2 N–H and O–H groups in total. The second-order valence-electron chi connectivity index (χ2n) is 4.62. The van der Waals surface area contributed by atoms with Gasteiger partial charge in [0, 0.05) is 6.04 Å². The van der Waals surface area contributed by atoms with Crippen LogP contribution in [0, 0.1) is 5.82 Å². The van der Waals surface area contributed by atoms with Crippen molar-refractivity contribution < 1.29 is 9.50 Å². The fourth-order valence-electron chi connectivity index (χ4n) is 1.99. The van der Waals surface area contributed by atoms with Crippen LogP contribution in [0.25, 0.3) is 0 Å². The SMILES string of the molecule is C[C@H](NCCc1ccccc1)c1ccc(O)c(F)c1. The number of phenols is 1. The molecule has 0 amide bonds. The lowest BCUT2D eigenvalue weighted by molar-refractivity contribution is 0.430. The molecule has 0 saturated heterocycles. The third kappa shape index (κ3) is 3.80. The highest BCUT2D eigenvalue weighted by molar-refractivity contribution is 5.29. The third-order valence-electron chi connectivity index (χ3n) is 3.18. The Hall–Kier alpha value is -1.87. The molecule has 0 aromatic heterocycles. The second kappa shape index (κ2) is 6.34. The molecule has 100 valence electrons. The molecule has 2 nitrogen and oxygen atoms in total. The van der Waals surface area contributed by atoms with Gasteiger partial charge in [0.05, 0.1) is 0 Å². The van der Waals surface area contributed by atoms with Crippen LogP contribution in [0.1, 0.15) is 24.1 Å². The summed E-state index contributed by atoms with van der Waals surface area (Å²) in [5.41, 5.74) is 2.11. The Bertz CT molecular complexity index is 528. The van der Waals surface area contributed by atoms with E-state index in [1.807, 2.05) is 25.1 Å². The molecule has 0 aliphatic rings. The fourth-order valence-corrected chi connectivity index (χ4v) is 1.99. The maximum absolute atomic E-state index is 13.2. The molecule has 0 fully saturated rings. The van der Waals surface area contributed by atoms with Crippen molar-refractivity contribution in [2.45, 2.75) is 19.4 Å². The van der Waals surface area contributed by atoms with Gasteiger partial charge in [-0.3, -0.25) is 0 Å².